The van der Waals surface area contributed by atoms with Gasteiger partial charge in [-0.1, -0.05) is 38.3 Å². The summed E-state index contributed by atoms with van der Waals surface area (Å²) in [6.45, 7) is 4.37. The van der Waals surface area contributed by atoms with E-state index in [1.54, 1.807) is 0 Å². The largest absolute Gasteiger partial charge is 0.351 e. The van der Waals surface area contributed by atoms with Gasteiger partial charge in [0, 0.05) is 11.7 Å². The Labute approximate surface area is 108 Å². The fourth-order valence-electron chi connectivity index (χ4n) is 2.41. The van der Waals surface area contributed by atoms with E-state index >= 15 is 0 Å². The minimum absolute atomic E-state index is 0.493. The van der Waals surface area contributed by atoms with Crippen LogP contribution in [0.2, 0.25) is 5.15 Å². The maximum absolute atomic E-state index is 5.99. The van der Waals surface area contributed by atoms with Gasteiger partial charge in [0.1, 0.15) is 5.15 Å². The third kappa shape index (κ3) is 3.32. The van der Waals surface area contributed by atoms with Gasteiger partial charge in [-0.3, -0.25) is 0 Å². The average molecular weight is 254 g/mol. The van der Waals surface area contributed by atoms with Gasteiger partial charge in [-0.05, 0) is 31.2 Å². The van der Waals surface area contributed by atoms with E-state index < -0.39 is 0 Å². The third-order valence-electron chi connectivity index (χ3n) is 3.54. The quantitative estimate of drug-likeness (QED) is 0.835. The van der Waals surface area contributed by atoms with Crippen molar-refractivity contribution in [2.45, 2.75) is 52.0 Å². The maximum Gasteiger partial charge on any atom is 0.224 e. The molecule has 1 aromatic rings. The van der Waals surface area contributed by atoms with Crippen molar-refractivity contribution in [3.05, 3.63) is 16.9 Å². The molecule has 2 rings (SSSR count). The van der Waals surface area contributed by atoms with Gasteiger partial charge in [-0.15, -0.1) is 0 Å². The molecule has 1 aliphatic carbocycles. The fraction of sp³-hybridized carbons (Fsp3) is 0.692. The molecule has 1 saturated carbocycles. The molecule has 0 saturated heterocycles. The molecule has 4 heteroatoms. The van der Waals surface area contributed by atoms with Crippen LogP contribution in [0.1, 0.15) is 45.2 Å². The Morgan fingerprint density at radius 2 is 2.12 bits per heavy atom. The van der Waals surface area contributed by atoms with Crippen molar-refractivity contribution in [1.82, 2.24) is 9.97 Å². The minimum Gasteiger partial charge on any atom is -0.351 e. The van der Waals surface area contributed by atoms with Gasteiger partial charge in [0.2, 0.25) is 5.95 Å². The van der Waals surface area contributed by atoms with Crippen LogP contribution in [0.3, 0.4) is 0 Å². The topological polar surface area (TPSA) is 37.8 Å². The molecule has 1 aromatic heterocycles. The molecule has 1 heterocycles. The predicted molar refractivity (Wildman–Crippen MR) is 71.5 cm³/mol. The van der Waals surface area contributed by atoms with E-state index in [-0.39, 0.29) is 0 Å². The second-order valence-electron chi connectivity index (χ2n) is 4.87. The average Bonchev–Trinajstić information content (AvgIpc) is 2.31. The Morgan fingerprint density at radius 3 is 2.82 bits per heavy atom. The lowest BCUT2D eigenvalue weighted by molar-refractivity contribution is 0.348. The van der Waals surface area contributed by atoms with Crippen LogP contribution >= 0.6 is 11.6 Å². The standard InChI is InChI=1S/C13H20ClN3/c1-3-10-8-12(14)17-13(15-10)16-11-7-5-4-6-9(11)2/h8-9,11H,3-7H2,1-2H3,(H,15,16,17). The molecule has 0 bridgehead atoms. The van der Waals surface area contributed by atoms with Crippen LogP contribution in [0.5, 0.6) is 0 Å². The zero-order chi connectivity index (χ0) is 12.3. The van der Waals surface area contributed by atoms with Gasteiger partial charge in [-0.2, -0.15) is 0 Å². The van der Waals surface area contributed by atoms with E-state index in [9.17, 15) is 0 Å². The van der Waals surface area contributed by atoms with Crippen molar-refractivity contribution < 1.29 is 0 Å². The molecule has 1 aliphatic rings. The summed E-state index contributed by atoms with van der Waals surface area (Å²) in [7, 11) is 0. The highest BCUT2D eigenvalue weighted by Gasteiger charge is 2.21. The Kier molecular flexibility index (Phi) is 4.21. The molecule has 1 N–H and O–H groups in total. The monoisotopic (exact) mass is 253 g/mol. The second-order valence-corrected chi connectivity index (χ2v) is 5.26. The van der Waals surface area contributed by atoms with Gasteiger partial charge in [0.25, 0.3) is 0 Å². The first kappa shape index (κ1) is 12.6. The van der Waals surface area contributed by atoms with E-state index in [1.165, 1.54) is 25.7 Å². The van der Waals surface area contributed by atoms with Crippen LogP contribution in [0, 0.1) is 5.92 Å². The van der Waals surface area contributed by atoms with Gasteiger partial charge >= 0.3 is 0 Å². The Balaban J connectivity index is 2.09. The number of nitrogens with zero attached hydrogens (tertiary/aromatic N) is 2. The first-order chi connectivity index (χ1) is 8.19. The van der Waals surface area contributed by atoms with Crippen molar-refractivity contribution in [2.75, 3.05) is 5.32 Å². The molecule has 0 amide bonds. The summed E-state index contributed by atoms with van der Waals surface area (Å²) in [4.78, 5) is 8.73. The molecule has 2 atom stereocenters. The Morgan fingerprint density at radius 1 is 1.35 bits per heavy atom. The second kappa shape index (κ2) is 5.67. The maximum atomic E-state index is 5.99. The van der Waals surface area contributed by atoms with Crippen LogP contribution in [-0.2, 0) is 6.42 Å². The van der Waals surface area contributed by atoms with Crippen molar-refractivity contribution >= 4 is 17.5 Å². The number of anilines is 1. The number of halogens is 1. The highest BCUT2D eigenvalue weighted by atomic mass is 35.5. The van der Waals surface area contributed by atoms with Crippen LogP contribution in [-0.4, -0.2) is 16.0 Å². The minimum atomic E-state index is 0.493. The van der Waals surface area contributed by atoms with Gasteiger partial charge in [-0.25, -0.2) is 9.97 Å². The van der Waals surface area contributed by atoms with Crippen LogP contribution in [0.15, 0.2) is 6.07 Å². The lowest BCUT2D eigenvalue weighted by atomic mass is 9.86. The molecular formula is C13H20ClN3. The normalized spacial score (nSPS) is 24.6. The highest BCUT2D eigenvalue weighted by Crippen LogP contribution is 2.26. The van der Waals surface area contributed by atoms with E-state index in [0.717, 1.165) is 12.1 Å². The lowest BCUT2D eigenvalue weighted by Gasteiger charge is -2.29. The van der Waals surface area contributed by atoms with Crippen molar-refractivity contribution in [3.63, 3.8) is 0 Å². The number of rotatable bonds is 3. The zero-order valence-corrected chi connectivity index (χ0v) is 11.3. The Bertz CT molecular complexity index is 381. The summed E-state index contributed by atoms with van der Waals surface area (Å²) in [6.07, 6.45) is 6.02. The Hall–Kier alpha value is -0.830. The van der Waals surface area contributed by atoms with Gasteiger partial charge < -0.3 is 5.32 Å². The van der Waals surface area contributed by atoms with Crippen molar-refractivity contribution in [3.8, 4) is 0 Å². The van der Waals surface area contributed by atoms with Crippen molar-refractivity contribution in [2.24, 2.45) is 5.92 Å². The van der Waals surface area contributed by atoms with Crippen LogP contribution in [0.25, 0.3) is 0 Å². The van der Waals surface area contributed by atoms with Gasteiger partial charge in [0.15, 0.2) is 0 Å². The fourth-order valence-corrected chi connectivity index (χ4v) is 2.61. The SMILES string of the molecule is CCc1cc(Cl)nc(NC2CCCCC2C)n1. The molecule has 0 aliphatic heterocycles. The molecule has 0 aromatic carbocycles. The molecule has 2 unspecified atom stereocenters. The summed E-state index contributed by atoms with van der Waals surface area (Å²) < 4.78 is 0. The van der Waals surface area contributed by atoms with Crippen LogP contribution in [0.4, 0.5) is 5.95 Å². The highest BCUT2D eigenvalue weighted by molar-refractivity contribution is 6.29. The molecule has 0 radical (unpaired) electrons. The molecule has 17 heavy (non-hydrogen) atoms. The number of nitrogens with one attached hydrogen (secondary N) is 1. The number of hydrogen-bond acceptors (Lipinski definition) is 3. The molecule has 1 fully saturated rings. The van der Waals surface area contributed by atoms with Gasteiger partial charge in [0.05, 0.1) is 0 Å². The first-order valence-electron chi connectivity index (χ1n) is 6.49. The summed E-state index contributed by atoms with van der Waals surface area (Å²) in [6, 6.07) is 2.32. The predicted octanol–water partition coefficient (Wildman–Crippen LogP) is 3.68. The van der Waals surface area contributed by atoms with E-state index in [4.69, 9.17) is 11.6 Å². The number of aromatic nitrogens is 2. The smallest absolute Gasteiger partial charge is 0.224 e. The molecule has 3 nitrogen and oxygen atoms in total. The summed E-state index contributed by atoms with van der Waals surface area (Å²) in [5.74, 6) is 1.38. The van der Waals surface area contributed by atoms with E-state index in [2.05, 4.69) is 29.1 Å². The zero-order valence-electron chi connectivity index (χ0n) is 10.5. The molecular weight excluding hydrogens is 234 g/mol. The summed E-state index contributed by atoms with van der Waals surface area (Å²) in [5, 5.41) is 3.97. The van der Waals surface area contributed by atoms with Crippen LogP contribution < -0.4 is 5.32 Å². The lowest BCUT2D eigenvalue weighted by Crippen LogP contribution is -2.31. The van der Waals surface area contributed by atoms with Crippen molar-refractivity contribution in [1.29, 1.82) is 0 Å². The summed E-state index contributed by atoms with van der Waals surface area (Å²) in [5.41, 5.74) is 0.996. The third-order valence-corrected chi connectivity index (χ3v) is 3.73. The number of hydrogen-bond donors (Lipinski definition) is 1. The summed E-state index contributed by atoms with van der Waals surface area (Å²) >= 11 is 5.99. The first-order valence-corrected chi connectivity index (χ1v) is 6.87. The van der Waals surface area contributed by atoms with E-state index in [1.807, 2.05) is 6.07 Å². The van der Waals surface area contributed by atoms with E-state index in [0.29, 0.717) is 23.1 Å². The number of aryl methyl sites for hydroxylation is 1. The molecule has 94 valence electrons. The molecule has 0 spiro atoms.